The van der Waals surface area contributed by atoms with Gasteiger partial charge in [0.15, 0.2) is 5.58 Å². The number of rotatable bonds is 6. The standard InChI is InChI=1S/C16H16N2O4S/c19-16-18-14-10-13(6-7-15(14)22-16)11-17-23(20,21)9-8-12-4-2-1-3-5-12/h1-7,10,17H,8-9,11H2,(H,18,19). The highest BCUT2D eigenvalue weighted by Gasteiger charge is 2.11. The van der Waals surface area contributed by atoms with Crippen molar-refractivity contribution in [2.75, 3.05) is 5.75 Å². The van der Waals surface area contributed by atoms with Gasteiger partial charge in [0.2, 0.25) is 10.0 Å². The first-order valence-corrected chi connectivity index (χ1v) is 8.80. The Balaban J connectivity index is 1.62. The molecule has 0 radical (unpaired) electrons. The fraction of sp³-hybridized carbons (Fsp3) is 0.188. The summed E-state index contributed by atoms with van der Waals surface area (Å²) >= 11 is 0. The number of hydrogen-bond donors (Lipinski definition) is 2. The summed E-state index contributed by atoms with van der Waals surface area (Å²) in [5, 5.41) is 0. The summed E-state index contributed by atoms with van der Waals surface area (Å²) in [6.45, 7) is 0.167. The van der Waals surface area contributed by atoms with Gasteiger partial charge >= 0.3 is 5.76 Å². The molecule has 0 aliphatic carbocycles. The van der Waals surface area contributed by atoms with Crippen molar-refractivity contribution < 1.29 is 12.8 Å². The van der Waals surface area contributed by atoms with E-state index >= 15 is 0 Å². The van der Waals surface area contributed by atoms with Crippen molar-refractivity contribution in [2.24, 2.45) is 0 Å². The smallest absolute Gasteiger partial charge is 0.408 e. The lowest BCUT2D eigenvalue weighted by molar-refractivity contribution is 0.555. The molecule has 0 aliphatic heterocycles. The van der Waals surface area contributed by atoms with Gasteiger partial charge in [-0.05, 0) is 29.7 Å². The zero-order chi connectivity index (χ0) is 16.3. The van der Waals surface area contributed by atoms with Crippen LogP contribution in [0.3, 0.4) is 0 Å². The van der Waals surface area contributed by atoms with Crippen molar-refractivity contribution in [3.63, 3.8) is 0 Å². The molecule has 7 heteroatoms. The lowest BCUT2D eigenvalue weighted by Crippen LogP contribution is -2.26. The van der Waals surface area contributed by atoms with E-state index in [4.69, 9.17) is 4.42 Å². The maximum Gasteiger partial charge on any atom is 0.417 e. The van der Waals surface area contributed by atoms with Gasteiger partial charge in [-0.1, -0.05) is 36.4 Å². The van der Waals surface area contributed by atoms with Crippen molar-refractivity contribution in [3.8, 4) is 0 Å². The largest absolute Gasteiger partial charge is 0.417 e. The average molecular weight is 332 g/mol. The minimum absolute atomic E-state index is 0.0296. The van der Waals surface area contributed by atoms with Crippen LogP contribution in [0.1, 0.15) is 11.1 Å². The third kappa shape index (κ3) is 4.08. The van der Waals surface area contributed by atoms with Crippen molar-refractivity contribution in [1.82, 2.24) is 9.71 Å². The summed E-state index contributed by atoms with van der Waals surface area (Å²) in [7, 11) is -3.37. The zero-order valence-corrected chi connectivity index (χ0v) is 13.1. The maximum atomic E-state index is 12.1. The highest BCUT2D eigenvalue weighted by Crippen LogP contribution is 2.12. The predicted octanol–water partition coefficient (Wildman–Crippen LogP) is 1.78. The van der Waals surface area contributed by atoms with Crippen molar-refractivity contribution in [2.45, 2.75) is 13.0 Å². The second-order valence-electron chi connectivity index (χ2n) is 5.22. The molecule has 0 unspecified atom stereocenters. The number of fused-ring (bicyclic) bond motifs is 1. The van der Waals surface area contributed by atoms with Gasteiger partial charge in [0.05, 0.1) is 11.3 Å². The summed E-state index contributed by atoms with van der Waals surface area (Å²) < 4.78 is 31.6. The average Bonchev–Trinajstić information content (AvgIpc) is 2.91. The van der Waals surface area contributed by atoms with Crippen molar-refractivity contribution in [1.29, 1.82) is 0 Å². The first-order valence-electron chi connectivity index (χ1n) is 7.15. The Labute approximate surface area is 133 Å². The molecule has 23 heavy (non-hydrogen) atoms. The number of benzene rings is 2. The second-order valence-corrected chi connectivity index (χ2v) is 7.15. The first kappa shape index (κ1) is 15.5. The first-order chi connectivity index (χ1) is 11.0. The summed E-state index contributed by atoms with van der Waals surface area (Å²) in [6, 6.07) is 14.5. The van der Waals surface area contributed by atoms with Crippen LogP contribution >= 0.6 is 0 Å². The lowest BCUT2D eigenvalue weighted by atomic mass is 10.2. The van der Waals surface area contributed by atoms with Crippen molar-refractivity contribution >= 4 is 21.1 Å². The topological polar surface area (TPSA) is 92.2 Å². The molecule has 3 rings (SSSR count). The minimum atomic E-state index is -3.37. The molecule has 0 spiro atoms. The summed E-state index contributed by atoms with van der Waals surface area (Å²) in [4.78, 5) is 13.6. The predicted molar refractivity (Wildman–Crippen MR) is 87.6 cm³/mol. The minimum Gasteiger partial charge on any atom is -0.408 e. The van der Waals surface area contributed by atoms with Crippen LogP contribution in [0.4, 0.5) is 0 Å². The van der Waals surface area contributed by atoms with Gasteiger partial charge in [0.25, 0.3) is 0 Å². The number of aryl methyl sites for hydroxylation is 1. The highest BCUT2D eigenvalue weighted by atomic mass is 32.2. The maximum absolute atomic E-state index is 12.1. The van der Waals surface area contributed by atoms with Gasteiger partial charge in [-0.25, -0.2) is 17.9 Å². The number of aromatic nitrogens is 1. The molecule has 120 valence electrons. The fourth-order valence-electron chi connectivity index (χ4n) is 2.27. The molecule has 0 saturated carbocycles. The normalized spacial score (nSPS) is 11.8. The molecule has 1 heterocycles. The monoisotopic (exact) mass is 332 g/mol. The molecular formula is C16H16N2O4S. The lowest BCUT2D eigenvalue weighted by Gasteiger charge is -2.07. The molecule has 3 aromatic rings. The number of hydrogen-bond acceptors (Lipinski definition) is 4. The van der Waals surface area contributed by atoms with Gasteiger partial charge in [0.1, 0.15) is 0 Å². The number of sulfonamides is 1. The summed E-state index contributed by atoms with van der Waals surface area (Å²) in [5.41, 5.74) is 2.73. The molecular weight excluding hydrogens is 316 g/mol. The molecule has 0 atom stereocenters. The second kappa shape index (κ2) is 6.39. The van der Waals surface area contributed by atoms with Crippen LogP contribution < -0.4 is 10.5 Å². The Morgan fingerprint density at radius 2 is 1.83 bits per heavy atom. The van der Waals surface area contributed by atoms with E-state index in [1.54, 1.807) is 18.2 Å². The van der Waals surface area contributed by atoms with Crippen LogP contribution in [-0.2, 0) is 23.0 Å². The third-order valence-electron chi connectivity index (χ3n) is 3.48. The fourth-order valence-corrected chi connectivity index (χ4v) is 3.31. The van der Waals surface area contributed by atoms with E-state index in [9.17, 15) is 13.2 Å². The number of oxazole rings is 1. The third-order valence-corrected chi connectivity index (χ3v) is 4.81. The molecule has 1 aromatic heterocycles. The van der Waals surface area contributed by atoms with E-state index in [-0.39, 0.29) is 12.3 Å². The molecule has 0 amide bonds. The number of aromatic amines is 1. The molecule has 6 nitrogen and oxygen atoms in total. The van der Waals surface area contributed by atoms with Gasteiger partial charge in [-0.3, -0.25) is 4.98 Å². The van der Waals surface area contributed by atoms with Crippen LogP contribution in [0.5, 0.6) is 0 Å². The Morgan fingerprint density at radius 3 is 2.61 bits per heavy atom. The molecule has 0 aliphatic rings. The Hall–Kier alpha value is -2.38. The molecule has 0 bridgehead atoms. The van der Waals surface area contributed by atoms with Crippen LogP contribution in [0.2, 0.25) is 0 Å². The number of H-pyrrole nitrogens is 1. The van der Waals surface area contributed by atoms with Crippen LogP contribution in [0.25, 0.3) is 11.1 Å². The molecule has 0 fully saturated rings. The van der Waals surface area contributed by atoms with E-state index in [1.807, 2.05) is 30.3 Å². The van der Waals surface area contributed by atoms with Crippen LogP contribution in [0.15, 0.2) is 57.7 Å². The van der Waals surface area contributed by atoms with Gasteiger partial charge in [-0.2, -0.15) is 0 Å². The van der Waals surface area contributed by atoms with E-state index < -0.39 is 15.8 Å². The number of nitrogens with one attached hydrogen (secondary N) is 2. The Morgan fingerprint density at radius 1 is 1.04 bits per heavy atom. The SMILES string of the molecule is O=c1[nH]c2cc(CNS(=O)(=O)CCc3ccccc3)ccc2o1. The molecule has 2 aromatic carbocycles. The molecule has 2 N–H and O–H groups in total. The van der Waals surface area contributed by atoms with Gasteiger partial charge < -0.3 is 4.42 Å². The van der Waals surface area contributed by atoms with Gasteiger partial charge in [-0.15, -0.1) is 0 Å². The van der Waals surface area contributed by atoms with Gasteiger partial charge in [0, 0.05) is 6.54 Å². The van der Waals surface area contributed by atoms with E-state index in [0.29, 0.717) is 17.5 Å². The quantitative estimate of drug-likeness (QED) is 0.720. The Kier molecular flexibility index (Phi) is 4.31. The van der Waals surface area contributed by atoms with Crippen molar-refractivity contribution in [3.05, 3.63) is 70.2 Å². The zero-order valence-electron chi connectivity index (χ0n) is 12.3. The van der Waals surface area contributed by atoms with E-state index in [0.717, 1.165) is 11.1 Å². The van der Waals surface area contributed by atoms with Crippen LogP contribution in [0, 0.1) is 0 Å². The molecule has 0 saturated heterocycles. The summed E-state index contributed by atoms with van der Waals surface area (Å²) in [5.74, 6) is -0.498. The van der Waals surface area contributed by atoms with E-state index in [2.05, 4.69) is 9.71 Å². The van der Waals surface area contributed by atoms with E-state index in [1.165, 1.54) is 0 Å². The van der Waals surface area contributed by atoms with Crippen LogP contribution in [-0.4, -0.2) is 19.2 Å². The summed E-state index contributed by atoms with van der Waals surface area (Å²) in [6.07, 6.45) is 0.463. The highest BCUT2D eigenvalue weighted by molar-refractivity contribution is 7.89. The Bertz CT molecular complexity index is 958.